The summed E-state index contributed by atoms with van der Waals surface area (Å²) in [5.74, 6) is 3.94. The highest BCUT2D eigenvalue weighted by Gasteiger charge is 2.17. The van der Waals surface area contributed by atoms with Crippen LogP contribution in [-0.2, 0) is 0 Å². The molecule has 0 radical (unpaired) electrons. The number of halogens is 1. The predicted molar refractivity (Wildman–Crippen MR) is 120 cm³/mol. The first kappa shape index (κ1) is 21.4. The van der Waals surface area contributed by atoms with Gasteiger partial charge in [0, 0.05) is 16.7 Å². The molecule has 3 aromatic rings. The van der Waals surface area contributed by atoms with Crippen molar-refractivity contribution in [3.63, 3.8) is 0 Å². The molecule has 0 spiro atoms. The smallest absolute Gasteiger partial charge is 0.138 e. The molecule has 0 amide bonds. The van der Waals surface area contributed by atoms with E-state index in [-0.39, 0.29) is 0 Å². The minimum atomic E-state index is 0.654. The Labute approximate surface area is 177 Å². The van der Waals surface area contributed by atoms with Gasteiger partial charge in [0.25, 0.3) is 0 Å². The van der Waals surface area contributed by atoms with Gasteiger partial charge < -0.3 is 18.9 Å². The lowest BCUT2D eigenvalue weighted by atomic mass is 10.00. The van der Waals surface area contributed by atoms with Gasteiger partial charge in [0.05, 0.1) is 33.3 Å². The molecule has 0 saturated carbocycles. The van der Waals surface area contributed by atoms with Crippen LogP contribution in [0.2, 0.25) is 0 Å². The number of ether oxygens (including phenoxy) is 4. The quantitative estimate of drug-likeness (QED) is 0.201. The first-order valence-electron chi connectivity index (χ1n) is 10.1. The lowest BCUT2D eigenvalue weighted by molar-refractivity contribution is 0.310. The summed E-state index contributed by atoms with van der Waals surface area (Å²) in [6, 6.07) is 12.0. The van der Waals surface area contributed by atoms with Gasteiger partial charge in [0.15, 0.2) is 0 Å². The maximum atomic E-state index is 6.35. The predicted octanol–water partition coefficient (Wildman–Crippen LogP) is 6.59. The molecule has 0 aliphatic carbocycles. The van der Waals surface area contributed by atoms with Gasteiger partial charge in [0.2, 0.25) is 0 Å². The van der Waals surface area contributed by atoms with E-state index in [4.69, 9.17) is 30.5 Å². The van der Waals surface area contributed by atoms with Crippen LogP contribution in [0.15, 0.2) is 36.4 Å². The number of fused-ring (bicyclic) bond motifs is 2. The zero-order valence-corrected chi connectivity index (χ0v) is 18.2. The van der Waals surface area contributed by atoms with Gasteiger partial charge in [0.1, 0.15) is 23.0 Å². The highest BCUT2D eigenvalue weighted by atomic mass is 35.5. The highest BCUT2D eigenvalue weighted by molar-refractivity contribution is 6.17. The average molecular weight is 417 g/mol. The lowest BCUT2D eigenvalue weighted by Gasteiger charge is -2.17. The number of methoxy groups -OCH3 is 3. The minimum absolute atomic E-state index is 0.654. The maximum Gasteiger partial charge on any atom is 0.138 e. The molecule has 156 valence electrons. The van der Waals surface area contributed by atoms with Crippen LogP contribution in [0.3, 0.4) is 0 Å². The fourth-order valence-corrected chi connectivity index (χ4v) is 3.83. The molecule has 0 saturated heterocycles. The first-order valence-corrected chi connectivity index (χ1v) is 10.6. The van der Waals surface area contributed by atoms with Crippen LogP contribution in [0, 0.1) is 0 Å². The Morgan fingerprint density at radius 1 is 0.724 bits per heavy atom. The second kappa shape index (κ2) is 10.4. The van der Waals surface area contributed by atoms with Gasteiger partial charge in [-0.1, -0.05) is 19.3 Å². The van der Waals surface area contributed by atoms with Crippen molar-refractivity contribution in [3.05, 3.63) is 36.4 Å². The Balaban J connectivity index is 2.00. The van der Waals surface area contributed by atoms with Gasteiger partial charge in [-0.15, -0.1) is 11.6 Å². The van der Waals surface area contributed by atoms with Crippen molar-refractivity contribution < 1.29 is 18.9 Å². The molecule has 0 heterocycles. The average Bonchev–Trinajstić information content (AvgIpc) is 2.76. The minimum Gasteiger partial charge on any atom is -0.497 e. The Hall–Kier alpha value is -2.33. The number of alkyl halides is 1. The Morgan fingerprint density at radius 3 is 2.17 bits per heavy atom. The van der Waals surface area contributed by atoms with E-state index in [0.29, 0.717) is 6.61 Å². The van der Waals surface area contributed by atoms with Crippen LogP contribution < -0.4 is 18.9 Å². The van der Waals surface area contributed by atoms with Crippen LogP contribution in [0.1, 0.15) is 32.1 Å². The molecular formula is C24H29ClO4. The number of benzene rings is 3. The molecule has 0 fully saturated rings. The second-order valence-electron chi connectivity index (χ2n) is 6.99. The topological polar surface area (TPSA) is 36.9 Å². The summed E-state index contributed by atoms with van der Waals surface area (Å²) in [5.41, 5.74) is 0. The van der Waals surface area contributed by atoms with E-state index in [1.807, 2.05) is 30.3 Å². The third kappa shape index (κ3) is 4.81. The van der Waals surface area contributed by atoms with Gasteiger partial charge in [-0.05, 0) is 54.6 Å². The van der Waals surface area contributed by atoms with E-state index in [2.05, 4.69) is 6.07 Å². The molecule has 0 N–H and O–H groups in total. The van der Waals surface area contributed by atoms with Crippen molar-refractivity contribution in [1.82, 2.24) is 0 Å². The van der Waals surface area contributed by atoms with E-state index in [1.54, 1.807) is 21.3 Å². The highest BCUT2D eigenvalue weighted by Crippen LogP contribution is 2.44. The normalized spacial score (nSPS) is 11.0. The number of hydrogen-bond acceptors (Lipinski definition) is 4. The van der Waals surface area contributed by atoms with Crippen LogP contribution >= 0.6 is 11.6 Å². The summed E-state index contributed by atoms with van der Waals surface area (Å²) in [7, 11) is 5.03. The van der Waals surface area contributed by atoms with Crippen molar-refractivity contribution in [2.24, 2.45) is 0 Å². The molecular weight excluding hydrogens is 388 g/mol. The Kier molecular flexibility index (Phi) is 7.70. The molecule has 0 aromatic heterocycles. The fourth-order valence-electron chi connectivity index (χ4n) is 3.64. The molecule has 0 aliphatic heterocycles. The summed E-state index contributed by atoms with van der Waals surface area (Å²) in [6.07, 6.45) is 5.57. The lowest BCUT2D eigenvalue weighted by Crippen LogP contribution is -2.01. The summed E-state index contributed by atoms with van der Waals surface area (Å²) in [6.45, 7) is 0.654. The molecule has 3 rings (SSSR count). The van der Waals surface area contributed by atoms with Gasteiger partial charge in [-0.2, -0.15) is 0 Å². The van der Waals surface area contributed by atoms with E-state index >= 15 is 0 Å². The molecule has 0 aliphatic rings. The van der Waals surface area contributed by atoms with E-state index in [0.717, 1.165) is 69.7 Å². The second-order valence-corrected chi connectivity index (χ2v) is 7.37. The summed E-state index contributed by atoms with van der Waals surface area (Å²) in [5, 5.41) is 3.98. The van der Waals surface area contributed by atoms with Gasteiger partial charge >= 0.3 is 0 Å². The van der Waals surface area contributed by atoms with E-state index in [1.165, 1.54) is 12.8 Å². The first-order chi connectivity index (χ1) is 14.2. The Morgan fingerprint density at radius 2 is 1.45 bits per heavy atom. The molecule has 4 nitrogen and oxygen atoms in total. The largest absolute Gasteiger partial charge is 0.497 e. The van der Waals surface area contributed by atoms with E-state index < -0.39 is 0 Å². The molecule has 0 unspecified atom stereocenters. The van der Waals surface area contributed by atoms with Crippen molar-refractivity contribution >= 4 is 33.1 Å². The third-order valence-corrected chi connectivity index (χ3v) is 5.43. The zero-order chi connectivity index (χ0) is 20.6. The summed E-state index contributed by atoms with van der Waals surface area (Å²) in [4.78, 5) is 0. The molecule has 3 aromatic carbocycles. The van der Waals surface area contributed by atoms with E-state index in [9.17, 15) is 0 Å². The van der Waals surface area contributed by atoms with Crippen LogP contribution in [0.25, 0.3) is 21.5 Å². The number of hydrogen-bond donors (Lipinski definition) is 0. The summed E-state index contributed by atoms with van der Waals surface area (Å²) >= 11 is 5.75. The molecule has 5 heteroatoms. The van der Waals surface area contributed by atoms with Crippen molar-refractivity contribution in [2.75, 3.05) is 33.8 Å². The SMILES string of the molecule is COc1ccc2c(OCCCCCCCCl)c3c(OC)ccc(OC)c3cc2c1. The van der Waals surface area contributed by atoms with Gasteiger partial charge in [-0.3, -0.25) is 0 Å². The third-order valence-electron chi connectivity index (χ3n) is 5.16. The fraction of sp³-hybridized carbons (Fsp3) is 0.417. The Bertz CT molecular complexity index is 955. The number of rotatable bonds is 11. The van der Waals surface area contributed by atoms with Crippen LogP contribution in [-0.4, -0.2) is 33.8 Å². The standard InChI is InChI=1S/C24H29ClO4/c1-26-18-9-10-19-17(15-18)16-20-21(27-2)11-12-22(28-3)23(20)24(19)29-14-8-6-4-5-7-13-25/h9-12,15-16H,4-8,13-14H2,1-3H3. The summed E-state index contributed by atoms with van der Waals surface area (Å²) < 4.78 is 23.0. The molecule has 29 heavy (non-hydrogen) atoms. The van der Waals surface area contributed by atoms with Crippen LogP contribution in [0.5, 0.6) is 23.0 Å². The zero-order valence-electron chi connectivity index (χ0n) is 17.4. The molecule has 0 atom stereocenters. The monoisotopic (exact) mass is 416 g/mol. The van der Waals surface area contributed by atoms with Gasteiger partial charge in [-0.25, -0.2) is 0 Å². The molecule has 0 bridgehead atoms. The van der Waals surface area contributed by atoms with Crippen molar-refractivity contribution in [2.45, 2.75) is 32.1 Å². The van der Waals surface area contributed by atoms with Crippen LogP contribution in [0.4, 0.5) is 0 Å². The number of unbranched alkanes of at least 4 members (excludes halogenated alkanes) is 4. The van der Waals surface area contributed by atoms with Crippen molar-refractivity contribution in [1.29, 1.82) is 0 Å². The van der Waals surface area contributed by atoms with Crippen molar-refractivity contribution in [3.8, 4) is 23.0 Å². The maximum absolute atomic E-state index is 6.35.